The third kappa shape index (κ3) is 3.23. The number of aryl methyl sites for hydroxylation is 2. The molecule has 0 fully saturated rings. The number of hydrogen-bond donors (Lipinski definition) is 1. The van der Waals surface area contributed by atoms with Crippen molar-refractivity contribution < 1.29 is 8.42 Å². The van der Waals surface area contributed by atoms with Crippen molar-refractivity contribution in [3.05, 3.63) is 51.6 Å². The summed E-state index contributed by atoms with van der Waals surface area (Å²) in [5.41, 5.74) is 1.58. The van der Waals surface area contributed by atoms with E-state index in [1.54, 1.807) is 38.1 Å². The van der Waals surface area contributed by atoms with Gasteiger partial charge in [0.05, 0.1) is 15.7 Å². The van der Waals surface area contributed by atoms with Gasteiger partial charge in [-0.3, -0.25) is 4.72 Å². The first-order chi connectivity index (χ1) is 9.29. The minimum absolute atomic E-state index is 0.0639. The molecule has 0 radical (unpaired) electrons. The molecule has 1 aromatic heterocycles. The minimum Gasteiger partial charge on any atom is -0.275 e. The molecule has 1 heterocycles. The van der Waals surface area contributed by atoms with Gasteiger partial charge in [-0.05, 0) is 43.7 Å². The predicted molar refractivity (Wildman–Crippen MR) is 81.0 cm³/mol. The second kappa shape index (κ2) is 5.60. The molecule has 0 saturated heterocycles. The Labute approximate surface area is 127 Å². The minimum atomic E-state index is -3.83. The van der Waals surface area contributed by atoms with Crippen LogP contribution in [0.25, 0.3) is 0 Å². The Morgan fingerprint density at radius 2 is 1.70 bits per heavy atom. The van der Waals surface area contributed by atoms with Crippen LogP contribution in [-0.4, -0.2) is 13.4 Å². The number of rotatable bonds is 3. The maximum Gasteiger partial charge on any atom is 0.279 e. The number of anilines is 1. The smallest absolute Gasteiger partial charge is 0.275 e. The average molecular weight is 331 g/mol. The molecular weight excluding hydrogens is 319 g/mol. The molecule has 0 aliphatic carbocycles. The summed E-state index contributed by atoms with van der Waals surface area (Å²) in [6.45, 7) is 3.53. The van der Waals surface area contributed by atoms with Gasteiger partial charge >= 0.3 is 0 Å². The highest BCUT2D eigenvalue weighted by Gasteiger charge is 2.19. The van der Waals surface area contributed by atoms with Crippen LogP contribution in [0.5, 0.6) is 0 Å². The molecule has 7 heteroatoms. The van der Waals surface area contributed by atoms with E-state index in [0.717, 1.165) is 5.56 Å². The SMILES string of the molecule is Cc1cc(C)nc(S(=O)(=O)Nc2c(Cl)cccc2Cl)c1. The Balaban J connectivity index is 2.46. The van der Waals surface area contributed by atoms with Gasteiger partial charge in [0.25, 0.3) is 10.0 Å². The fraction of sp³-hybridized carbons (Fsp3) is 0.154. The molecule has 1 aromatic carbocycles. The summed E-state index contributed by atoms with van der Waals surface area (Å²) in [7, 11) is -3.83. The first-order valence-corrected chi connectivity index (χ1v) is 7.95. The fourth-order valence-corrected chi connectivity index (χ4v) is 3.53. The molecular formula is C13H12Cl2N2O2S. The van der Waals surface area contributed by atoms with E-state index < -0.39 is 10.0 Å². The van der Waals surface area contributed by atoms with E-state index in [-0.39, 0.29) is 20.8 Å². The van der Waals surface area contributed by atoms with E-state index in [1.165, 1.54) is 6.07 Å². The van der Waals surface area contributed by atoms with Gasteiger partial charge in [-0.2, -0.15) is 8.42 Å². The van der Waals surface area contributed by atoms with Gasteiger partial charge in [0.1, 0.15) is 0 Å². The maximum atomic E-state index is 12.3. The molecule has 0 spiro atoms. The van der Waals surface area contributed by atoms with E-state index >= 15 is 0 Å². The van der Waals surface area contributed by atoms with Gasteiger partial charge < -0.3 is 0 Å². The number of nitrogens with one attached hydrogen (secondary N) is 1. The summed E-state index contributed by atoms with van der Waals surface area (Å²) in [6.07, 6.45) is 0. The van der Waals surface area contributed by atoms with E-state index in [1.807, 2.05) is 0 Å². The van der Waals surface area contributed by atoms with Crippen LogP contribution in [0.1, 0.15) is 11.3 Å². The molecule has 106 valence electrons. The standard InChI is InChI=1S/C13H12Cl2N2O2S/c1-8-6-9(2)16-12(7-8)20(18,19)17-13-10(14)4-3-5-11(13)15/h3-7,17H,1-2H3. The van der Waals surface area contributed by atoms with Crippen LogP contribution in [0, 0.1) is 13.8 Å². The molecule has 0 unspecified atom stereocenters. The first-order valence-electron chi connectivity index (χ1n) is 5.72. The van der Waals surface area contributed by atoms with Gasteiger partial charge in [-0.1, -0.05) is 29.3 Å². The van der Waals surface area contributed by atoms with E-state index in [9.17, 15) is 8.42 Å². The van der Waals surface area contributed by atoms with Crippen molar-refractivity contribution in [3.63, 3.8) is 0 Å². The zero-order valence-electron chi connectivity index (χ0n) is 10.8. The zero-order chi connectivity index (χ0) is 14.9. The van der Waals surface area contributed by atoms with Crippen molar-refractivity contribution in [1.82, 2.24) is 4.98 Å². The van der Waals surface area contributed by atoms with Gasteiger partial charge in [-0.15, -0.1) is 0 Å². The lowest BCUT2D eigenvalue weighted by molar-refractivity contribution is 0.597. The number of halogens is 2. The topological polar surface area (TPSA) is 59.1 Å². The molecule has 0 amide bonds. The molecule has 0 atom stereocenters. The van der Waals surface area contributed by atoms with Crippen molar-refractivity contribution in [2.24, 2.45) is 0 Å². The second-order valence-corrected chi connectivity index (χ2v) is 6.77. The molecule has 0 bridgehead atoms. The van der Waals surface area contributed by atoms with Crippen LogP contribution in [0.15, 0.2) is 35.4 Å². The molecule has 2 aromatic rings. The van der Waals surface area contributed by atoms with Crippen LogP contribution >= 0.6 is 23.2 Å². The number of benzene rings is 1. The monoisotopic (exact) mass is 330 g/mol. The molecule has 0 saturated carbocycles. The van der Waals surface area contributed by atoms with Gasteiger partial charge in [0, 0.05) is 5.69 Å². The largest absolute Gasteiger partial charge is 0.279 e. The third-order valence-corrected chi connectivity index (χ3v) is 4.41. The second-order valence-electron chi connectivity index (χ2n) is 4.33. The lowest BCUT2D eigenvalue weighted by Crippen LogP contribution is -2.15. The first kappa shape index (κ1) is 15.1. The van der Waals surface area contributed by atoms with Crippen molar-refractivity contribution >= 4 is 38.9 Å². The van der Waals surface area contributed by atoms with Gasteiger partial charge in [-0.25, -0.2) is 4.98 Å². The lowest BCUT2D eigenvalue weighted by Gasteiger charge is -2.11. The lowest BCUT2D eigenvalue weighted by atomic mass is 10.3. The summed E-state index contributed by atoms with van der Waals surface area (Å²) in [5.74, 6) is 0. The van der Waals surface area contributed by atoms with Crippen LogP contribution in [0.3, 0.4) is 0 Å². The summed E-state index contributed by atoms with van der Waals surface area (Å²) in [6, 6.07) is 8.03. The highest BCUT2D eigenvalue weighted by Crippen LogP contribution is 2.31. The van der Waals surface area contributed by atoms with E-state index in [2.05, 4.69) is 9.71 Å². The maximum absolute atomic E-state index is 12.3. The molecule has 20 heavy (non-hydrogen) atoms. The summed E-state index contributed by atoms with van der Waals surface area (Å²) >= 11 is 11.9. The Bertz CT molecular complexity index is 720. The molecule has 4 nitrogen and oxygen atoms in total. The van der Waals surface area contributed by atoms with E-state index in [0.29, 0.717) is 5.69 Å². The van der Waals surface area contributed by atoms with Crippen molar-refractivity contribution in [2.45, 2.75) is 18.9 Å². The normalized spacial score (nSPS) is 11.4. The van der Waals surface area contributed by atoms with Crippen molar-refractivity contribution in [1.29, 1.82) is 0 Å². The fourth-order valence-electron chi connectivity index (χ4n) is 1.72. The number of para-hydroxylation sites is 1. The summed E-state index contributed by atoms with van der Waals surface area (Å²) < 4.78 is 27.0. The summed E-state index contributed by atoms with van der Waals surface area (Å²) in [4.78, 5) is 4.02. The van der Waals surface area contributed by atoms with Crippen molar-refractivity contribution in [3.8, 4) is 0 Å². The van der Waals surface area contributed by atoms with Crippen molar-refractivity contribution in [2.75, 3.05) is 4.72 Å². The highest BCUT2D eigenvalue weighted by molar-refractivity contribution is 7.92. The molecule has 0 aliphatic heterocycles. The van der Waals surface area contributed by atoms with Crippen LogP contribution in [0.2, 0.25) is 10.0 Å². The number of aromatic nitrogens is 1. The number of nitrogens with zero attached hydrogens (tertiary/aromatic N) is 1. The van der Waals surface area contributed by atoms with Crippen LogP contribution in [-0.2, 0) is 10.0 Å². The Morgan fingerprint density at radius 1 is 1.10 bits per heavy atom. The van der Waals surface area contributed by atoms with Gasteiger partial charge in [0.2, 0.25) is 0 Å². The van der Waals surface area contributed by atoms with Crippen LogP contribution < -0.4 is 4.72 Å². The summed E-state index contributed by atoms with van der Waals surface area (Å²) in [5, 5.41) is 0.391. The molecule has 2 rings (SSSR count). The van der Waals surface area contributed by atoms with Gasteiger partial charge in [0.15, 0.2) is 5.03 Å². The Hall–Kier alpha value is -1.30. The predicted octanol–water partition coefficient (Wildman–Crippen LogP) is 3.81. The number of pyridine rings is 1. The highest BCUT2D eigenvalue weighted by atomic mass is 35.5. The third-order valence-electron chi connectivity index (χ3n) is 2.55. The quantitative estimate of drug-likeness (QED) is 0.930. The Morgan fingerprint density at radius 3 is 2.25 bits per heavy atom. The molecule has 1 N–H and O–H groups in total. The number of sulfonamides is 1. The van der Waals surface area contributed by atoms with E-state index in [4.69, 9.17) is 23.2 Å². The zero-order valence-corrected chi connectivity index (χ0v) is 13.1. The van der Waals surface area contributed by atoms with Crippen LogP contribution in [0.4, 0.5) is 5.69 Å². The Kier molecular flexibility index (Phi) is 4.22. The average Bonchev–Trinajstić information content (AvgIpc) is 2.33. The molecule has 0 aliphatic rings. The number of hydrogen-bond acceptors (Lipinski definition) is 3.